The number of likely N-dealkylation sites (N-methyl/N-ethyl adjacent to an activating group) is 1. The predicted octanol–water partition coefficient (Wildman–Crippen LogP) is 2.22. The average Bonchev–Trinajstić information content (AvgIpc) is 2.35. The van der Waals surface area contributed by atoms with Crippen LogP contribution in [0.25, 0.3) is 0 Å². The van der Waals surface area contributed by atoms with Crippen LogP contribution in [0.1, 0.15) is 25.0 Å². The van der Waals surface area contributed by atoms with Gasteiger partial charge in [-0.2, -0.15) is 5.26 Å². The molecule has 0 saturated carbocycles. The minimum atomic E-state index is 0.0328. The second kappa shape index (κ2) is 6.05. The molecule has 0 atom stereocenters. The maximum atomic E-state index is 11.7. The molecule has 3 nitrogen and oxygen atoms in total. The molecule has 0 radical (unpaired) electrons. The first-order valence-corrected chi connectivity index (χ1v) is 5.78. The fourth-order valence-corrected chi connectivity index (χ4v) is 1.64. The molecule has 0 saturated heterocycles. The van der Waals surface area contributed by atoms with Crippen LogP contribution in [0.15, 0.2) is 24.3 Å². The molecule has 1 rings (SSSR count). The Balaban J connectivity index is 2.56. The van der Waals surface area contributed by atoms with Crippen LogP contribution >= 0.6 is 0 Å². The van der Waals surface area contributed by atoms with Crippen LogP contribution in [-0.2, 0) is 11.2 Å². The smallest absolute Gasteiger partial charge is 0.224 e. The largest absolute Gasteiger partial charge is 0.345 e. The number of carbonyl (C=O) groups excluding carboxylic acids is 1. The molecule has 0 fully saturated rings. The van der Waals surface area contributed by atoms with Crippen molar-refractivity contribution in [3.63, 3.8) is 0 Å². The van der Waals surface area contributed by atoms with Crippen molar-refractivity contribution in [1.82, 2.24) is 4.90 Å². The minimum Gasteiger partial charge on any atom is -0.345 e. The molecule has 0 heterocycles. The van der Waals surface area contributed by atoms with Gasteiger partial charge in [-0.3, -0.25) is 4.79 Å². The first kappa shape index (κ1) is 13.2. The molecule has 0 aliphatic rings. The molecule has 0 unspecified atom stereocenters. The standard InChI is InChI=1S/C14H18N2O/c1-11(2)14(17)16(3)8-7-12-5-4-6-13(9-12)10-15/h4-6,9,11H,7-8H2,1-3H3. The molecule has 0 aromatic heterocycles. The predicted molar refractivity (Wildman–Crippen MR) is 67.3 cm³/mol. The number of amides is 1. The number of nitriles is 1. The van der Waals surface area contributed by atoms with Crippen LogP contribution in [0.3, 0.4) is 0 Å². The van der Waals surface area contributed by atoms with Crippen LogP contribution in [0.2, 0.25) is 0 Å². The zero-order valence-corrected chi connectivity index (χ0v) is 10.6. The van der Waals surface area contributed by atoms with Gasteiger partial charge >= 0.3 is 0 Å². The normalized spacial score (nSPS) is 10.1. The zero-order chi connectivity index (χ0) is 12.8. The van der Waals surface area contributed by atoms with Crippen molar-refractivity contribution in [3.05, 3.63) is 35.4 Å². The third-order valence-corrected chi connectivity index (χ3v) is 2.66. The van der Waals surface area contributed by atoms with Gasteiger partial charge in [-0.05, 0) is 24.1 Å². The van der Waals surface area contributed by atoms with Crippen molar-refractivity contribution < 1.29 is 4.79 Å². The maximum absolute atomic E-state index is 11.7. The van der Waals surface area contributed by atoms with Gasteiger partial charge in [-0.1, -0.05) is 26.0 Å². The van der Waals surface area contributed by atoms with Crippen molar-refractivity contribution in [2.24, 2.45) is 5.92 Å². The van der Waals surface area contributed by atoms with Gasteiger partial charge in [-0.15, -0.1) is 0 Å². The molecule has 1 aromatic carbocycles. The highest BCUT2D eigenvalue weighted by Crippen LogP contribution is 2.06. The molecule has 0 bridgehead atoms. The summed E-state index contributed by atoms with van der Waals surface area (Å²) in [4.78, 5) is 13.4. The summed E-state index contributed by atoms with van der Waals surface area (Å²) in [6, 6.07) is 9.62. The monoisotopic (exact) mass is 230 g/mol. The molecule has 0 spiro atoms. The number of carbonyl (C=O) groups is 1. The lowest BCUT2D eigenvalue weighted by molar-refractivity contribution is -0.133. The van der Waals surface area contributed by atoms with E-state index in [9.17, 15) is 4.79 Å². The van der Waals surface area contributed by atoms with Gasteiger partial charge in [0.25, 0.3) is 0 Å². The molecular weight excluding hydrogens is 212 g/mol. The van der Waals surface area contributed by atoms with E-state index in [2.05, 4.69) is 6.07 Å². The Labute approximate surface area is 103 Å². The molecule has 1 amide bonds. The third kappa shape index (κ3) is 3.92. The van der Waals surface area contributed by atoms with Gasteiger partial charge in [-0.25, -0.2) is 0 Å². The highest BCUT2D eigenvalue weighted by atomic mass is 16.2. The summed E-state index contributed by atoms with van der Waals surface area (Å²) in [7, 11) is 1.82. The SMILES string of the molecule is CC(C)C(=O)N(C)CCc1cccc(C#N)c1. The van der Waals surface area contributed by atoms with E-state index < -0.39 is 0 Å². The molecule has 90 valence electrons. The summed E-state index contributed by atoms with van der Waals surface area (Å²) in [6.45, 7) is 4.48. The highest BCUT2D eigenvalue weighted by molar-refractivity contribution is 5.77. The van der Waals surface area contributed by atoms with E-state index in [-0.39, 0.29) is 11.8 Å². The second-order valence-electron chi connectivity index (χ2n) is 4.48. The Kier molecular flexibility index (Phi) is 4.71. The molecular formula is C14H18N2O. The maximum Gasteiger partial charge on any atom is 0.224 e. The van der Waals surface area contributed by atoms with Gasteiger partial charge in [0, 0.05) is 19.5 Å². The Bertz CT molecular complexity index is 432. The Morgan fingerprint density at radius 2 is 2.18 bits per heavy atom. The average molecular weight is 230 g/mol. The number of nitrogens with zero attached hydrogens (tertiary/aromatic N) is 2. The highest BCUT2D eigenvalue weighted by Gasteiger charge is 2.12. The minimum absolute atomic E-state index is 0.0328. The van der Waals surface area contributed by atoms with E-state index >= 15 is 0 Å². The lowest BCUT2D eigenvalue weighted by Crippen LogP contribution is -2.32. The van der Waals surface area contributed by atoms with Gasteiger partial charge in [0.2, 0.25) is 5.91 Å². The summed E-state index contributed by atoms with van der Waals surface area (Å²) in [5.74, 6) is 0.187. The first-order chi connectivity index (χ1) is 8.04. The van der Waals surface area contributed by atoms with Crippen molar-refractivity contribution in [3.8, 4) is 6.07 Å². The quantitative estimate of drug-likeness (QED) is 0.796. The van der Waals surface area contributed by atoms with Crippen LogP contribution < -0.4 is 0 Å². The summed E-state index contributed by atoms with van der Waals surface area (Å²) in [5.41, 5.74) is 1.76. The third-order valence-electron chi connectivity index (χ3n) is 2.66. The van der Waals surface area contributed by atoms with E-state index in [0.29, 0.717) is 12.1 Å². The number of hydrogen-bond acceptors (Lipinski definition) is 2. The fourth-order valence-electron chi connectivity index (χ4n) is 1.64. The number of rotatable bonds is 4. The van der Waals surface area contributed by atoms with Gasteiger partial charge in [0.1, 0.15) is 0 Å². The van der Waals surface area contributed by atoms with E-state index in [1.165, 1.54) is 0 Å². The van der Waals surface area contributed by atoms with Crippen molar-refractivity contribution >= 4 is 5.91 Å². The van der Waals surface area contributed by atoms with Crippen LogP contribution in [0.4, 0.5) is 0 Å². The fraction of sp³-hybridized carbons (Fsp3) is 0.429. The van der Waals surface area contributed by atoms with Crippen molar-refractivity contribution in [2.45, 2.75) is 20.3 Å². The summed E-state index contributed by atoms with van der Waals surface area (Å²) < 4.78 is 0. The zero-order valence-electron chi connectivity index (χ0n) is 10.6. The lowest BCUT2D eigenvalue weighted by Gasteiger charge is -2.19. The van der Waals surface area contributed by atoms with E-state index in [0.717, 1.165) is 12.0 Å². The summed E-state index contributed by atoms with van der Waals surface area (Å²) in [6.07, 6.45) is 0.782. The molecule has 1 aromatic rings. The molecule has 0 aliphatic heterocycles. The van der Waals surface area contributed by atoms with E-state index in [4.69, 9.17) is 5.26 Å². The Morgan fingerprint density at radius 1 is 1.47 bits per heavy atom. The van der Waals surface area contributed by atoms with E-state index in [1.54, 1.807) is 11.0 Å². The van der Waals surface area contributed by atoms with E-state index in [1.807, 2.05) is 39.1 Å². The van der Waals surface area contributed by atoms with Crippen molar-refractivity contribution in [2.75, 3.05) is 13.6 Å². The molecule has 0 aliphatic carbocycles. The summed E-state index contributed by atoms with van der Waals surface area (Å²) >= 11 is 0. The molecule has 17 heavy (non-hydrogen) atoms. The van der Waals surface area contributed by atoms with Gasteiger partial charge in [0.15, 0.2) is 0 Å². The van der Waals surface area contributed by atoms with Gasteiger partial charge in [0.05, 0.1) is 11.6 Å². The first-order valence-electron chi connectivity index (χ1n) is 5.78. The Morgan fingerprint density at radius 3 is 2.76 bits per heavy atom. The molecule has 0 N–H and O–H groups in total. The Hall–Kier alpha value is -1.82. The second-order valence-corrected chi connectivity index (χ2v) is 4.48. The van der Waals surface area contributed by atoms with Crippen LogP contribution in [0, 0.1) is 17.2 Å². The van der Waals surface area contributed by atoms with Crippen LogP contribution in [0.5, 0.6) is 0 Å². The summed E-state index contributed by atoms with van der Waals surface area (Å²) in [5, 5.41) is 8.79. The number of hydrogen-bond donors (Lipinski definition) is 0. The lowest BCUT2D eigenvalue weighted by atomic mass is 10.1. The topological polar surface area (TPSA) is 44.1 Å². The molecule has 3 heteroatoms. The number of benzene rings is 1. The van der Waals surface area contributed by atoms with Crippen LogP contribution in [-0.4, -0.2) is 24.4 Å². The van der Waals surface area contributed by atoms with Crippen molar-refractivity contribution in [1.29, 1.82) is 5.26 Å². The van der Waals surface area contributed by atoms with Gasteiger partial charge < -0.3 is 4.90 Å².